The van der Waals surface area contributed by atoms with E-state index in [0.29, 0.717) is 28.0 Å². The number of carbonyl (C=O) groups is 1. The molecule has 1 amide bonds. The summed E-state index contributed by atoms with van der Waals surface area (Å²) in [6, 6.07) is 17.8. The molecule has 1 aliphatic heterocycles. The van der Waals surface area contributed by atoms with Gasteiger partial charge >= 0.3 is 0 Å². The molecule has 0 atom stereocenters. The molecule has 0 saturated heterocycles. The molecule has 5 heteroatoms. The van der Waals surface area contributed by atoms with Crippen LogP contribution in [-0.2, 0) is 0 Å². The van der Waals surface area contributed by atoms with Crippen LogP contribution in [0.2, 0.25) is 0 Å². The van der Waals surface area contributed by atoms with Crippen LogP contribution in [-0.4, -0.2) is 5.91 Å². The van der Waals surface area contributed by atoms with Crippen LogP contribution in [0.1, 0.15) is 10.4 Å². The molecule has 1 aliphatic carbocycles. The molecule has 0 aromatic heterocycles. The quantitative estimate of drug-likeness (QED) is 0.388. The molecule has 2 aromatic rings. The number of nitrogens with two attached hydrogens (primary N) is 2. The standard InChI is InChI=1S/C20H15N3O2/c21-11-5-7-15-17(9-11)25-18-10-12(22)6-8-16(18)19(15)13-3-1-2-4-14(13)20(23)24/h1-10,21H,22H2,(H2,23,24). The van der Waals surface area contributed by atoms with Crippen molar-refractivity contribution in [2.24, 2.45) is 5.73 Å². The zero-order valence-electron chi connectivity index (χ0n) is 13.2. The summed E-state index contributed by atoms with van der Waals surface area (Å²) in [7, 11) is 0. The van der Waals surface area contributed by atoms with E-state index < -0.39 is 5.91 Å². The van der Waals surface area contributed by atoms with E-state index in [0.717, 1.165) is 22.1 Å². The number of hydrogen-bond donors (Lipinski definition) is 3. The van der Waals surface area contributed by atoms with Gasteiger partial charge in [-0.1, -0.05) is 18.2 Å². The predicted molar refractivity (Wildman–Crippen MR) is 97.1 cm³/mol. The molecule has 0 radical (unpaired) electrons. The van der Waals surface area contributed by atoms with Gasteiger partial charge in [0, 0.05) is 39.9 Å². The smallest absolute Gasteiger partial charge is 0.249 e. The highest BCUT2D eigenvalue weighted by molar-refractivity contribution is 6.08. The molecule has 0 saturated carbocycles. The van der Waals surface area contributed by atoms with Crippen LogP contribution in [0.3, 0.4) is 0 Å². The van der Waals surface area contributed by atoms with Crippen molar-refractivity contribution in [1.29, 1.82) is 5.41 Å². The molecule has 4 rings (SSSR count). The van der Waals surface area contributed by atoms with Gasteiger partial charge in [0.15, 0.2) is 0 Å². The van der Waals surface area contributed by atoms with Crippen molar-refractivity contribution >= 4 is 22.6 Å². The summed E-state index contributed by atoms with van der Waals surface area (Å²) in [5.41, 5.74) is 15.4. The second-order valence-electron chi connectivity index (χ2n) is 5.85. The van der Waals surface area contributed by atoms with E-state index in [1.165, 1.54) is 0 Å². The number of carbonyl (C=O) groups excluding carboxylic acids is 1. The van der Waals surface area contributed by atoms with E-state index in [2.05, 4.69) is 0 Å². The minimum absolute atomic E-state index is 0.341. The molecule has 5 nitrogen and oxygen atoms in total. The van der Waals surface area contributed by atoms with E-state index in [-0.39, 0.29) is 0 Å². The number of benzene rings is 3. The minimum atomic E-state index is -0.495. The third kappa shape index (κ3) is 2.42. The molecule has 25 heavy (non-hydrogen) atoms. The van der Waals surface area contributed by atoms with Gasteiger partial charge in [0.25, 0.3) is 0 Å². The van der Waals surface area contributed by atoms with Crippen LogP contribution < -0.4 is 16.8 Å². The first-order chi connectivity index (χ1) is 12.0. The van der Waals surface area contributed by atoms with Crippen molar-refractivity contribution < 1.29 is 9.21 Å². The number of primary amides is 1. The van der Waals surface area contributed by atoms with E-state index in [4.69, 9.17) is 21.3 Å². The first-order valence-corrected chi connectivity index (χ1v) is 7.74. The second kappa shape index (κ2) is 5.49. The van der Waals surface area contributed by atoms with E-state index in [1.54, 1.807) is 36.4 Å². The summed E-state index contributed by atoms with van der Waals surface area (Å²) in [4.78, 5) is 11.9. The summed E-state index contributed by atoms with van der Waals surface area (Å²) < 4.78 is 5.95. The largest absolute Gasteiger partial charge is 0.456 e. The van der Waals surface area contributed by atoms with Gasteiger partial charge in [-0.05, 0) is 35.9 Å². The molecule has 1 heterocycles. The van der Waals surface area contributed by atoms with Gasteiger partial charge in [-0.2, -0.15) is 0 Å². The van der Waals surface area contributed by atoms with Crippen molar-refractivity contribution in [3.63, 3.8) is 0 Å². The Morgan fingerprint density at radius 1 is 0.960 bits per heavy atom. The molecule has 0 fully saturated rings. The molecule has 0 bridgehead atoms. The molecule has 2 aliphatic rings. The van der Waals surface area contributed by atoms with Crippen LogP contribution in [0.25, 0.3) is 33.4 Å². The normalized spacial score (nSPS) is 11.0. The topological polar surface area (TPSA) is 106 Å². The lowest BCUT2D eigenvalue weighted by Gasteiger charge is -2.17. The maximum Gasteiger partial charge on any atom is 0.249 e. The zero-order valence-corrected chi connectivity index (χ0v) is 13.2. The second-order valence-corrected chi connectivity index (χ2v) is 5.85. The summed E-state index contributed by atoms with van der Waals surface area (Å²) >= 11 is 0. The van der Waals surface area contributed by atoms with Gasteiger partial charge in [0.2, 0.25) is 5.91 Å². The molecule has 2 aromatic carbocycles. The Balaban J connectivity index is 2.22. The predicted octanol–water partition coefficient (Wildman–Crippen LogP) is 3.37. The summed E-state index contributed by atoms with van der Waals surface area (Å²) in [6.45, 7) is 0. The van der Waals surface area contributed by atoms with Crippen LogP contribution >= 0.6 is 0 Å². The number of fused-ring (bicyclic) bond motifs is 2. The van der Waals surface area contributed by atoms with Crippen molar-refractivity contribution in [1.82, 2.24) is 0 Å². The number of anilines is 1. The molecular weight excluding hydrogens is 314 g/mol. The molecule has 0 unspecified atom stereocenters. The Hall–Kier alpha value is -3.60. The lowest BCUT2D eigenvalue weighted by molar-refractivity contribution is 0.100. The van der Waals surface area contributed by atoms with Gasteiger partial charge in [0.05, 0.1) is 5.36 Å². The third-order valence-electron chi connectivity index (χ3n) is 4.21. The maximum absolute atomic E-state index is 11.9. The van der Waals surface area contributed by atoms with Crippen molar-refractivity contribution in [2.45, 2.75) is 0 Å². The van der Waals surface area contributed by atoms with Crippen molar-refractivity contribution in [2.75, 3.05) is 5.73 Å². The highest BCUT2D eigenvalue weighted by Crippen LogP contribution is 2.41. The first kappa shape index (κ1) is 15.0. The van der Waals surface area contributed by atoms with Gasteiger partial charge < -0.3 is 21.3 Å². The van der Waals surface area contributed by atoms with Crippen LogP contribution in [0.15, 0.2) is 65.1 Å². The molecular formula is C20H15N3O2. The van der Waals surface area contributed by atoms with Gasteiger partial charge in [-0.15, -0.1) is 0 Å². The number of hydrogen-bond acceptors (Lipinski definition) is 4. The minimum Gasteiger partial charge on any atom is -0.456 e. The van der Waals surface area contributed by atoms with E-state index >= 15 is 0 Å². The Kier molecular flexibility index (Phi) is 3.28. The average molecular weight is 329 g/mol. The SMILES string of the molecule is N=c1ccc2c(-c3ccccc3C(N)=O)c3ccc(N)cc3oc-2c1. The van der Waals surface area contributed by atoms with Gasteiger partial charge in [-0.3, -0.25) is 4.79 Å². The summed E-state index contributed by atoms with van der Waals surface area (Å²) in [5, 5.41) is 9.02. The third-order valence-corrected chi connectivity index (χ3v) is 4.21. The highest BCUT2D eigenvalue weighted by Gasteiger charge is 2.20. The monoisotopic (exact) mass is 329 g/mol. The summed E-state index contributed by atoms with van der Waals surface area (Å²) in [6.07, 6.45) is 0. The van der Waals surface area contributed by atoms with Crippen LogP contribution in [0.4, 0.5) is 5.69 Å². The Morgan fingerprint density at radius 3 is 2.56 bits per heavy atom. The highest BCUT2D eigenvalue weighted by atomic mass is 16.3. The van der Waals surface area contributed by atoms with Gasteiger partial charge in [0.1, 0.15) is 11.3 Å². The lowest BCUT2D eigenvalue weighted by Crippen LogP contribution is -2.12. The van der Waals surface area contributed by atoms with Crippen LogP contribution in [0.5, 0.6) is 0 Å². The molecule has 122 valence electrons. The van der Waals surface area contributed by atoms with E-state index in [9.17, 15) is 4.79 Å². The van der Waals surface area contributed by atoms with E-state index in [1.807, 2.05) is 24.3 Å². The van der Waals surface area contributed by atoms with Crippen molar-refractivity contribution in [3.8, 4) is 22.5 Å². The first-order valence-electron chi connectivity index (χ1n) is 7.74. The fourth-order valence-electron chi connectivity index (χ4n) is 3.11. The number of amides is 1. The maximum atomic E-state index is 11.9. The fraction of sp³-hybridized carbons (Fsp3) is 0. The van der Waals surface area contributed by atoms with Crippen LogP contribution in [0, 0.1) is 5.41 Å². The number of nitrogens with one attached hydrogen (secondary N) is 1. The number of nitrogen functional groups attached to an aromatic ring is 1. The lowest BCUT2D eigenvalue weighted by atomic mass is 9.90. The Morgan fingerprint density at radius 2 is 1.76 bits per heavy atom. The Bertz CT molecular complexity index is 1160. The molecule has 5 N–H and O–H groups in total. The van der Waals surface area contributed by atoms with Gasteiger partial charge in [-0.25, -0.2) is 0 Å². The number of rotatable bonds is 2. The zero-order chi connectivity index (χ0) is 17.6. The Labute approximate surface area is 143 Å². The summed E-state index contributed by atoms with van der Waals surface area (Å²) in [5.74, 6) is 0.0603. The van der Waals surface area contributed by atoms with Crippen molar-refractivity contribution in [3.05, 3.63) is 71.6 Å². The fourth-order valence-corrected chi connectivity index (χ4v) is 3.11. The molecule has 0 spiro atoms. The average Bonchev–Trinajstić information content (AvgIpc) is 2.59.